The predicted octanol–water partition coefficient (Wildman–Crippen LogP) is 3.62. The van der Waals surface area contributed by atoms with Crippen molar-refractivity contribution in [3.05, 3.63) is 42.4 Å². The third kappa shape index (κ3) is 5.50. The summed E-state index contributed by atoms with van der Waals surface area (Å²) < 4.78 is 5.88. The van der Waals surface area contributed by atoms with Gasteiger partial charge >= 0.3 is 0 Å². The van der Waals surface area contributed by atoms with Crippen LogP contribution in [0.4, 0.5) is 0 Å². The fraction of sp³-hybridized carbons (Fsp3) is 0.471. The van der Waals surface area contributed by atoms with Crippen molar-refractivity contribution in [1.82, 2.24) is 15.2 Å². The molecule has 1 N–H and O–H groups in total. The quantitative estimate of drug-likeness (QED) is 0.887. The Bertz CT molecular complexity index is 554. The Morgan fingerprint density at radius 2 is 1.87 bits per heavy atom. The number of piperidine rings is 1. The Balaban J connectivity index is 0.00000132. The molecule has 2 heterocycles. The molecule has 0 aliphatic carbocycles. The summed E-state index contributed by atoms with van der Waals surface area (Å²) in [5.74, 6) is 2.49. The molecule has 0 spiro atoms. The van der Waals surface area contributed by atoms with E-state index in [0.717, 1.165) is 49.3 Å². The van der Waals surface area contributed by atoms with Gasteiger partial charge in [0.25, 0.3) is 0 Å². The maximum atomic E-state index is 5.88. The summed E-state index contributed by atoms with van der Waals surface area (Å²) in [4.78, 5) is 6.86. The lowest BCUT2D eigenvalue weighted by Crippen LogP contribution is -2.36. The zero-order chi connectivity index (χ0) is 14.5. The average molecular weight is 358 g/mol. The van der Waals surface area contributed by atoms with Gasteiger partial charge in [-0.2, -0.15) is 0 Å². The van der Waals surface area contributed by atoms with Gasteiger partial charge in [0.2, 0.25) is 5.89 Å². The molecule has 0 radical (unpaired) electrons. The van der Waals surface area contributed by atoms with Gasteiger partial charge in [-0.1, -0.05) is 30.3 Å². The number of benzene rings is 1. The topological polar surface area (TPSA) is 41.3 Å². The van der Waals surface area contributed by atoms with Crippen LogP contribution in [0.25, 0.3) is 11.3 Å². The minimum Gasteiger partial charge on any atom is -0.439 e. The number of oxazole rings is 1. The number of rotatable bonds is 5. The Labute approximate surface area is 150 Å². The molecule has 0 unspecified atom stereocenters. The van der Waals surface area contributed by atoms with Gasteiger partial charge in [0.05, 0.1) is 12.7 Å². The normalized spacial score (nSPS) is 15.7. The number of likely N-dealkylation sites (tertiary alicyclic amines) is 1. The average Bonchev–Trinajstić information content (AvgIpc) is 2.99. The summed E-state index contributed by atoms with van der Waals surface area (Å²) >= 11 is 0. The first kappa shape index (κ1) is 20.0. The molecule has 4 nitrogen and oxygen atoms in total. The zero-order valence-corrected chi connectivity index (χ0v) is 15.0. The Kier molecular flexibility index (Phi) is 8.63. The van der Waals surface area contributed by atoms with Crippen LogP contribution in [0.5, 0.6) is 0 Å². The monoisotopic (exact) mass is 357 g/mol. The van der Waals surface area contributed by atoms with E-state index in [9.17, 15) is 0 Å². The summed E-state index contributed by atoms with van der Waals surface area (Å²) in [5.41, 5.74) is 1.09. The van der Waals surface area contributed by atoms with Crippen LogP contribution in [0.1, 0.15) is 18.7 Å². The second-order valence-electron chi connectivity index (χ2n) is 5.76. The molecular formula is C17H25Cl2N3O. The standard InChI is InChI=1S/C17H23N3O.2ClH/c1-18-11-14-7-9-20(10-8-14)13-17-19-12-16(21-17)15-5-3-2-4-6-15;;/h2-6,12,14,18H,7-11,13H2,1H3;2*1H. The SMILES string of the molecule is CNCC1CCN(Cc2ncc(-c3ccccc3)o2)CC1.Cl.Cl. The molecule has 0 amide bonds. The summed E-state index contributed by atoms with van der Waals surface area (Å²) in [6.07, 6.45) is 4.35. The molecule has 1 aliphatic rings. The minimum absolute atomic E-state index is 0. The van der Waals surface area contributed by atoms with Gasteiger partial charge in [-0.3, -0.25) is 4.90 Å². The lowest BCUT2D eigenvalue weighted by atomic mass is 9.97. The lowest BCUT2D eigenvalue weighted by molar-refractivity contribution is 0.164. The third-order valence-electron chi connectivity index (χ3n) is 4.17. The lowest BCUT2D eigenvalue weighted by Gasteiger charge is -2.30. The Hall–Kier alpha value is -1.07. The number of hydrogen-bond acceptors (Lipinski definition) is 4. The molecule has 128 valence electrons. The van der Waals surface area contributed by atoms with E-state index in [1.165, 1.54) is 12.8 Å². The number of nitrogens with one attached hydrogen (secondary N) is 1. The van der Waals surface area contributed by atoms with Gasteiger partial charge in [0, 0.05) is 5.56 Å². The maximum absolute atomic E-state index is 5.88. The molecule has 0 bridgehead atoms. The maximum Gasteiger partial charge on any atom is 0.209 e. The summed E-state index contributed by atoms with van der Waals surface area (Å²) in [6.45, 7) is 4.22. The molecule has 1 aromatic heterocycles. The van der Waals surface area contributed by atoms with Gasteiger partial charge in [0.1, 0.15) is 0 Å². The molecule has 0 atom stereocenters. The molecule has 1 saturated heterocycles. The van der Waals surface area contributed by atoms with Crippen molar-refractivity contribution in [1.29, 1.82) is 0 Å². The van der Waals surface area contributed by atoms with Crippen LogP contribution in [0.3, 0.4) is 0 Å². The van der Waals surface area contributed by atoms with Crippen molar-refractivity contribution in [3.8, 4) is 11.3 Å². The molecule has 3 rings (SSSR count). The summed E-state index contributed by atoms with van der Waals surface area (Å²) in [7, 11) is 2.03. The van der Waals surface area contributed by atoms with E-state index in [1.54, 1.807) is 0 Å². The van der Waals surface area contributed by atoms with E-state index in [0.29, 0.717) is 0 Å². The van der Waals surface area contributed by atoms with Crippen molar-refractivity contribution in [2.75, 3.05) is 26.7 Å². The molecule has 1 fully saturated rings. The van der Waals surface area contributed by atoms with Gasteiger partial charge < -0.3 is 9.73 Å². The first-order chi connectivity index (χ1) is 10.3. The number of halogens is 2. The first-order valence-electron chi connectivity index (χ1n) is 7.72. The molecule has 23 heavy (non-hydrogen) atoms. The summed E-state index contributed by atoms with van der Waals surface area (Å²) in [6, 6.07) is 10.1. The van der Waals surface area contributed by atoms with Crippen LogP contribution < -0.4 is 5.32 Å². The van der Waals surface area contributed by atoms with Crippen LogP contribution in [0, 0.1) is 5.92 Å². The van der Waals surface area contributed by atoms with E-state index in [2.05, 4.69) is 15.2 Å². The molecule has 6 heteroatoms. The van der Waals surface area contributed by atoms with Crippen molar-refractivity contribution in [2.24, 2.45) is 5.92 Å². The Morgan fingerprint density at radius 3 is 2.52 bits per heavy atom. The van der Waals surface area contributed by atoms with E-state index in [-0.39, 0.29) is 24.8 Å². The third-order valence-corrected chi connectivity index (χ3v) is 4.17. The van der Waals surface area contributed by atoms with Crippen LogP contribution in [0.15, 0.2) is 40.9 Å². The van der Waals surface area contributed by atoms with Crippen molar-refractivity contribution >= 4 is 24.8 Å². The largest absolute Gasteiger partial charge is 0.439 e. The highest BCUT2D eigenvalue weighted by Crippen LogP contribution is 2.22. The smallest absolute Gasteiger partial charge is 0.209 e. The second kappa shape index (κ2) is 9.93. The molecule has 0 saturated carbocycles. The fourth-order valence-corrected chi connectivity index (χ4v) is 2.95. The van der Waals surface area contributed by atoms with Gasteiger partial charge in [-0.15, -0.1) is 24.8 Å². The van der Waals surface area contributed by atoms with Gasteiger partial charge in [-0.25, -0.2) is 4.98 Å². The second-order valence-corrected chi connectivity index (χ2v) is 5.76. The number of hydrogen-bond donors (Lipinski definition) is 1. The summed E-state index contributed by atoms with van der Waals surface area (Å²) in [5, 5.41) is 3.27. The highest BCUT2D eigenvalue weighted by molar-refractivity contribution is 5.85. The van der Waals surface area contributed by atoms with Gasteiger partial charge in [0.15, 0.2) is 5.76 Å². The molecule has 2 aromatic rings. The van der Waals surface area contributed by atoms with Crippen molar-refractivity contribution in [3.63, 3.8) is 0 Å². The fourth-order valence-electron chi connectivity index (χ4n) is 2.95. The van der Waals surface area contributed by atoms with Crippen LogP contribution in [-0.4, -0.2) is 36.6 Å². The van der Waals surface area contributed by atoms with Crippen LogP contribution in [-0.2, 0) is 6.54 Å². The van der Waals surface area contributed by atoms with Gasteiger partial charge in [-0.05, 0) is 45.4 Å². The first-order valence-corrected chi connectivity index (χ1v) is 7.72. The highest BCUT2D eigenvalue weighted by atomic mass is 35.5. The molecular weight excluding hydrogens is 333 g/mol. The van der Waals surface area contributed by atoms with E-state index in [4.69, 9.17) is 4.42 Å². The molecule has 1 aromatic carbocycles. The molecule has 1 aliphatic heterocycles. The number of aromatic nitrogens is 1. The Morgan fingerprint density at radius 1 is 1.17 bits per heavy atom. The zero-order valence-electron chi connectivity index (χ0n) is 13.4. The van der Waals surface area contributed by atoms with Crippen LogP contribution >= 0.6 is 24.8 Å². The predicted molar refractivity (Wildman–Crippen MR) is 98.4 cm³/mol. The number of nitrogens with zero attached hydrogens (tertiary/aromatic N) is 2. The van der Waals surface area contributed by atoms with Crippen LogP contribution in [0.2, 0.25) is 0 Å². The van der Waals surface area contributed by atoms with Crippen molar-refractivity contribution in [2.45, 2.75) is 19.4 Å². The minimum atomic E-state index is 0. The highest BCUT2D eigenvalue weighted by Gasteiger charge is 2.20. The van der Waals surface area contributed by atoms with E-state index >= 15 is 0 Å². The van der Waals surface area contributed by atoms with E-state index in [1.807, 2.05) is 43.6 Å². The van der Waals surface area contributed by atoms with Crippen molar-refractivity contribution < 1.29 is 4.42 Å². The van der Waals surface area contributed by atoms with E-state index < -0.39 is 0 Å².